The number of Topliss-reactive ketones (excluding diaryl/α,β-unsaturated/α-hetero) is 1. The zero-order valence-electron chi connectivity index (χ0n) is 7.13. The van der Waals surface area contributed by atoms with E-state index in [1.54, 1.807) is 0 Å². The Morgan fingerprint density at radius 2 is 2.21 bits per heavy atom. The van der Waals surface area contributed by atoms with E-state index in [0.29, 0.717) is 0 Å². The van der Waals surface area contributed by atoms with Crippen molar-refractivity contribution in [1.29, 1.82) is 0 Å². The number of ketones is 1. The number of primary amides is 1. The van der Waals surface area contributed by atoms with Crippen LogP contribution in [0.4, 0.5) is 5.82 Å². The van der Waals surface area contributed by atoms with Crippen LogP contribution in [0.3, 0.4) is 0 Å². The van der Waals surface area contributed by atoms with Crippen molar-refractivity contribution in [1.82, 2.24) is 9.78 Å². The van der Waals surface area contributed by atoms with Crippen molar-refractivity contribution in [3.8, 4) is 0 Å². The molecular weight excluding hydrogens is 192 g/mol. The van der Waals surface area contributed by atoms with E-state index in [4.69, 9.17) is 5.73 Å². The lowest BCUT2D eigenvalue weighted by Crippen LogP contribution is -2.23. The molecule has 0 radical (unpaired) electrons. The Balaban J connectivity index is 3.29. The molecule has 0 saturated carbocycles. The molecule has 2 N–H and O–H groups in total. The predicted molar refractivity (Wildman–Crippen MR) is 43.4 cm³/mol. The highest BCUT2D eigenvalue weighted by molar-refractivity contribution is 6.43. The maximum absolute atomic E-state index is 11.1. The molecule has 0 fully saturated rings. The number of rotatable bonds is 3. The summed E-state index contributed by atoms with van der Waals surface area (Å²) in [6.07, 6.45) is 0.936. The largest absolute Gasteiger partial charge is 0.363 e. The van der Waals surface area contributed by atoms with Crippen LogP contribution in [0.15, 0.2) is 6.20 Å². The lowest BCUT2D eigenvalue weighted by molar-refractivity contribution is -0.392. The molecule has 1 amide bonds. The summed E-state index contributed by atoms with van der Waals surface area (Å²) in [5.74, 6) is -2.92. The molecule has 14 heavy (non-hydrogen) atoms. The Morgan fingerprint density at radius 3 is 2.64 bits per heavy atom. The van der Waals surface area contributed by atoms with E-state index < -0.39 is 28.0 Å². The molecule has 0 saturated heterocycles. The van der Waals surface area contributed by atoms with Gasteiger partial charge in [-0.05, 0) is 4.92 Å². The number of hydrogen-bond donors (Lipinski definition) is 1. The summed E-state index contributed by atoms with van der Waals surface area (Å²) in [6.45, 7) is 0. The average molecular weight is 198 g/mol. The molecule has 8 nitrogen and oxygen atoms in total. The first kappa shape index (κ1) is 9.84. The van der Waals surface area contributed by atoms with Gasteiger partial charge in [0.2, 0.25) is 0 Å². The number of carbonyl (C=O) groups is 2. The SMILES string of the molecule is Cn1ncc(C(=O)C(N)=O)c1[N+](=O)[O-]. The fourth-order valence-corrected chi connectivity index (χ4v) is 0.940. The van der Waals surface area contributed by atoms with Gasteiger partial charge in [-0.25, -0.2) is 0 Å². The van der Waals surface area contributed by atoms with Crippen LogP contribution in [0.2, 0.25) is 0 Å². The molecule has 1 aromatic rings. The van der Waals surface area contributed by atoms with Crippen LogP contribution in [0, 0.1) is 10.1 Å². The van der Waals surface area contributed by atoms with Crippen LogP contribution < -0.4 is 5.73 Å². The molecular formula is C6H6N4O4. The first-order valence-corrected chi connectivity index (χ1v) is 3.45. The normalized spacial score (nSPS) is 9.79. The number of amides is 1. The van der Waals surface area contributed by atoms with Crippen LogP contribution >= 0.6 is 0 Å². The van der Waals surface area contributed by atoms with Gasteiger partial charge in [0, 0.05) is 0 Å². The van der Waals surface area contributed by atoms with Gasteiger partial charge in [-0.2, -0.15) is 0 Å². The second-order valence-electron chi connectivity index (χ2n) is 2.46. The topological polar surface area (TPSA) is 121 Å². The van der Waals surface area contributed by atoms with E-state index in [1.165, 1.54) is 7.05 Å². The summed E-state index contributed by atoms with van der Waals surface area (Å²) in [7, 11) is 1.29. The molecule has 0 atom stereocenters. The van der Waals surface area contributed by atoms with Crippen molar-refractivity contribution in [2.45, 2.75) is 0 Å². The highest BCUT2D eigenvalue weighted by Crippen LogP contribution is 2.16. The third-order valence-corrected chi connectivity index (χ3v) is 1.55. The highest BCUT2D eigenvalue weighted by atomic mass is 16.6. The third-order valence-electron chi connectivity index (χ3n) is 1.55. The van der Waals surface area contributed by atoms with Gasteiger partial charge in [0.1, 0.15) is 12.6 Å². The minimum atomic E-state index is -1.25. The first-order valence-electron chi connectivity index (χ1n) is 3.45. The summed E-state index contributed by atoms with van der Waals surface area (Å²) in [4.78, 5) is 31.2. The quantitative estimate of drug-likeness (QED) is 0.289. The second kappa shape index (κ2) is 3.24. The van der Waals surface area contributed by atoms with Crippen molar-refractivity contribution in [2.75, 3.05) is 0 Å². The third kappa shape index (κ3) is 1.44. The van der Waals surface area contributed by atoms with Crippen LogP contribution in [-0.2, 0) is 11.8 Å². The molecule has 0 unspecified atom stereocenters. The van der Waals surface area contributed by atoms with Gasteiger partial charge in [-0.3, -0.25) is 9.59 Å². The Kier molecular flexibility index (Phi) is 2.28. The summed E-state index contributed by atoms with van der Waals surface area (Å²) in [5, 5.41) is 14.0. The Labute approximate surface area is 77.4 Å². The molecule has 0 aromatic carbocycles. The van der Waals surface area contributed by atoms with Gasteiger partial charge < -0.3 is 15.8 Å². The van der Waals surface area contributed by atoms with Crippen molar-refractivity contribution >= 4 is 17.5 Å². The van der Waals surface area contributed by atoms with Gasteiger partial charge >= 0.3 is 5.82 Å². The van der Waals surface area contributed by atoms with E-state index in [2.05, 4.69) is 5.10 Å². The molecule has 74 valence electrons. The summed E-state index contributed by atoms with van der Waals surface area (Å²) in [5.41, 5.74) is 4.30. The number of aromatic nitrogens is 2. The number of carbonyl (C=O) groups excluding carboxylic acids is 2. The molecule has 1 rings (SSSR count). The minimum Gasteiger partial charge on any atom is -0.363 e. The highest BCUT2D eigenvalue weighted by Gasteiger charge is 2.27. The number of aryl methyl sites for hydroxylation is 1. The van der Waals surface area contributed by atoms with Crippen LogP contribution in [0.1, 0.15) is 10.4 Å². The fourth-order valence-electron chi connectivity index (χ4n) is 0.940. The summed E-state index contributed by atoms with van der Waals surface area (Å²) >= 11 is 0. The monoisotopic (exact) mass is 198 g/mol. The summed E-state index contributed by atoms with van der Waals surface area (Å²) in [6, 6.07) is 0. The van der Waals surface area contributed by atoms with Gasteiger partial charge in [0.25, 0.3) is 11.7 Å². The van der Waals surface area contributed by atoms with E-state index in [1.807, 2.05) is 0 Å². The standard InChI is InChI=1S/C6H6N4O4/c1-9-6(10(13)14)3(2-8-9)4(11)5(7)12/h2H,1H3,(H2,7,12). The number of nitrogens with zero attached hydrogens (tertiary/aromatic N) is 3. The molecule has 0 bridgehead atoms. The minimum absolute atomic E-state index is 0.398. The Morgan fingerprint density at radius 1 is 1.64 bits per heavy atom. The first-order chi connectivity index (χ1) is 6.45. The molecule has 0 aliphatic carbocycles. The van der Waals surface area contributed by atoms with E-state index in [-0.39, 0.29) is 0 Å². The van der Waals surface area contributed by atoms with Gasteiger partial charge in [-0.15, -0.1) is 4.68 Å². The van der Waals surface area contributed by atoms with Crippen molar-refractivity contribution in [3.05, 3.63) is 21.9 Å². The Bertz CT molecular complexity index is 421. The maximum atomic E-state index is 11.1. The lowest BCUT2D eigenvalue weighted by atomic mass is 10.2. The average Bonchev–Trinajstić information content (AvgIpc) is 2.45. The van der Waals surface area contributed by atoms with Crippen molar-refractivity contribution in [3.63, 3.8) is 0 Å². The predicted octanol–water partition coefficient (Wildman–Crippen LogP) is -1.00. The van der Waals surface area contributed by atoms with E-state index >= 15 is 0 Å². The van der Waals surface area contributed by atoms with Crippen LogP contribution in [0.25, 0.3) is 0 Å². The van der Waals surface area contributed by atoms with E-state index in [9.17, 15) is 19.7 Å². The van der Waals surface area contributed by atoms with Crippen molar-refractivity contribution in [2.24, 2.45) is 12.8 Å². The zero-order valence-corrected chi connectivity index (χ0v) is 7.13. The number of nitrogens with two attached hydrogens (primary N) is 1. The molecule has 0 spiro atoms. The zero-order chi connectivity index (χ0) is 10.9. The van der Waals surface area contributed by atoms with E-state index in [0.717, 1.165) is 10.9 Å². The molecule has 8 heteroatoms. The van der Waals surface area contributed by atoms with Crippen molar-refractivity contribution < 1.29 is 14.5 Å². The fraction of sp³-hybridized carbons (Fsp3) is 0.167. The number of hydrogen-bond acceptors (Lipinski definition) is 5. The van der Waals surface area contributed by atoms with Gasteiger partial charge in [0.05, 0.1) is 6.20 Å². The Hall–Kier alpha value is -2.25. The summed E-state index contributed by atoms with van der Waals surface area (Å²) < 4.78 is 0.885. The molecule has 0 aliphatic heterocycles. The smallest absolute Gasteiger partial charge is 0.356 e. The molecule has 1 heterocycles. The number of nitro groups is 1. The molecule has 0 aliphatic rings. The van der Waals surface area contributed by atoms with Gasteiger partial charge in [0.15, 0.2) is 0 Å². The van der Waals surface area contributed by atoms with Crippen LogP contribution in [-0.4, -0.2) is 26.4 Å². The van der Waals surface area contributed by atoms with Gasteiger partial charge in [-0.1, -0.05) is 5.10 Å². The molecule has 1 aromatic heterocycles. The second-order valence-corrected chi connectivity index (χ2v) is 2.46. The maximum Gasteiger partial charge on any atom is 0.356 e. The van der Waals surface area contributed by atoms with Crippen LogP contribution in [0.5, 0.6) is 0 Å². The lowest BCUT2D eigenvalue weighted by Gasteiger charge is -1.95.